The monoisotopic (exact) mass is 481 g/mol. The van der Waals surface area contributed by atoms with Gasteiger partial charge in [0.25, 0.3) is 5.70 Å². The Kier molecular flexibility index (Phi) is 7.27. The fourth-order valence-corrected chi connectivity index (χ4v) is 3.29. The van der Waals surface area contributed by atoms with Crippen LogP contribution in [0.2, 0.25) is 0 Å². The van der Waals surface area contributed by atoms with Crippen molar-refractivity contribution in [2.75, 3.05) is 5.32 Å². The molecule has 0 aliphatic rings. The van der Waals surface area contributed by atoms with Gasteiger partial charge in [-0.05, 0) is 55.5 Å². The molecule has 0 spiro atoms. The molecule has 4 nitrogen and oxygen atoms in total. The van der Waals surface area contributed by atoms with Gasteiger partial charge >= 0.3 is 12.8 Å². The van der Waals surface area contributed by atoms with Crippen LogP contribution in [0, 0.1) is 6.92 Å². The summed E-state index contributed by atoms with van der Waals surface area (Å²) in [6, 6.07) is 13.2. The maximum absolute atomic E-state index is 13.1. The lowest BCUT2D eigenvalue weighted by Crippen LogP contribution is -2.38. The zero-order valence-electron chi connectivity index (χ0n) is 17.1. The fraction of sp³-hybridized carbons (Fsp3) is 0.130. The van der Waals surface area contributed by atoms with Crippen molar-refractivity contribution in [3.63, 3.8) is 0 Å². The number of benzene rings is 2. The molecule has 0 atom stereocenters. The number of alkyl halides is 5. The van der Waals surface area contributed by atoms with Crippen molar-refractivity contribution in [1.82, 2.24) is 0 Å². The van der Waals surface area contributed by atoms with Gasteiger partial charge in [0.1, 0.15) is 5.75 Å². The molecule has 0 unspecified atom stereocenters. The van der Waals surface area contributed by atoms with Crippen LogP contribution in [0.3, 0.4) is 0 Å². The van der Waals surface area contributed by atoms with E-state index in [2.05, 4.69) is 10.1 Å². The number of aliphatic hydroxyl groups excluding tert-OH is 1. The number of aryl methyl sites for hydroxylation is 1. The maximum Gasteiger partial charge on any atom is 0.416 e. The SMILES string of the molecule is Cc1ccc[n+](C(C(=S)Nc2cccc(C(F)(F)F)c2)=C(O)c2ccc(OC(F)F)cc2)c1. The van der Waals surface area contributed by atoms with Crippen LogP contribution in [0.4, 0.5) is 27.6 Å². The second-order valence-electron chi connectivity index (χ2n) is 6.92. The Morgan fingerprint density at radius 1 is 1.06 bits per heavy atom. The normalized spacial score (nSPS) is 12.3. The zero-order chi connectivity index (χ0) is 24.2. The summed E-state index contributed by atoms with van der Waals surface area (Å²) in [5.74, 6) is -0.422. The molecule has 2 aromatic carbocycles. The number of ether oxygens (including phenoxy) is 1. The Morgan fingerprint density at radius 3 is 2.36 bits per heavy atom. The second kappa shape index (κ2) is 9.95. The number of nitrogens with one attached hydrogen (secondary N) is 1. The molecule has 3 aromatic rings. The number of aliphatic hydroxyl groups is 1. The summed E-state index contributed by atoms with van der Waals surface area (Å²) in [7, 11) is 0. The van der Waals surface area contributed by atoms with Gasteiger partial charge in [0.15, 0.2) is 23.1 Å². The van der Waals surface area contributed by atoms with E-state index in [-0.39, 0.29) is 33.4 Å². The maximum atomic E-state index is 13.1. The van der Waals surface area contributed by atoms with E-state index in [0.29, 0.717) is 0 Å². The van der Waals surface area contributed by atoms with Gasteiger partial charge in [-0.1, -0.05) is 18.3 Å². The van der Waals surface area contributed by atoms with E-state index in [9.17, 15) is 27.1 Å². The number of nitrogens with zero attached hydrogens (tertiary/aromatic N) is 1. The van der Waals surface area contributed by atoms with E-state index in [1.165, 1.54) is 41.0 Å². The molecule has 3 rings (SSSR count). The van der Waals surface area contributed by atoms with Crippen LogP contribution in [0.5, 0.6) is 5.75 Å². The van der Waals surface area contributed by atoms with Crippen molar-refractivity contribution in [3.05, 3.63) is 89.7 Å². The van der Waals surface area contributed by atoms with Gasteiger partial charge in [-0.3, -0.25) is 0 Å². The Balaban J connectivity index is 2.02. The Hall–Kier alpha value is -3.53. The number of anilines is 1. The molecule has 0 saturated heterocycles. The molecule has 0 radical (unpaired) electrons. The Morgan fingerprint density at radius 2 is 1.76 bits per heavy atom. The topological polar surface area (TPSA) is 45.4 Å². The number of thiocarbonyl (C=S) groups is 1. The van der Waals surface area contributed by atoms with Crippen molar-refractivity contribution < 1.29 is 36.4 Å². The fourth-order valence-electron chi connectivity index (χ4n) is 2.97. The highest BCUT2D eigenvalue weighted by Crippen LogP contribution is 2.31. The molecule has 1 heterocycles. The van der Waals surface area contributed by atoms with E-state index >= 15 is 0 Å². The van der Waals surface area contributed by atoms with Crippen LogP contribution in [-0.4, -0.2) is 16.7 Å². The van der Waals surface area contributed by atoms with Crippen molar-refractivity contribution in [3.8, 4) is 5.75 Å². The first-order valence-corrected chi connectivity index (χ1v) is 9.91. The summed E-state index contributed by atoms with van der Waals surface area (Å²) in [5, 5.41) is 13.7. The first-order chi connectivity index (χ1) is 15.5. The lowest BCUT2D eigenvalue weighted by Gasteiger charge is -2.13. The number of aromatic nitrogens is 1. The molecule has 0 aliphatic carbocycles. The van der Waals surface area contributed by atoms with E-state index in [4.69, 9.17) is 12.2 Å². The average molecular weight is 481 g/mol. The van der Waals surface area contributed by atoms with Crippen LogP contribution in [0.15, 0.2) is 73.1 Å². The van der Waals surface area contributed by atoms with E-state index < -0.39 is 18.4 Å². The van der Waals surface area contributed by atoms with Gasteiger partial charge in [-0.2, -0.15) is 26.5 Å². The average Bonchev–Trinajstić information content (AvgIpc) is 2.73. The van der Waals surface area contributed by atoms with E-state index in [0.717, 1.165) is 17.7 Å². The standard InChI is InChI=1S/C23H17F5N2O2S/c1-14-4-3-11-30(13-14)19(20(31)15-7-9-18(10-8-15)32-22(24)25)21(33)29-17-6-2-5-16(12-17)23(26,27)28/h2-13,22H,1H3,(H-,29,31,33)/p+1. The third-order valence-electron chi connectivity index (χ3n) is 4.45. The first kappa shape index (κ1) is 24.1. The largest absolute Gasteiger partial charge is 0.502 e. The van der Waals surface area contributed by atoms with Gasteiger partial charge in [0, 0.05) is 22.9 Å². The van der Waals surface area contributed by atoms with Crippen molar-refractivity contribution >= 4 is 34.3 Å². The van der Waals surface area contributed by atoms with Gasteiger partial charge in [-0.15, -0.1) is 0 Å². The molecule has 172 valence electrons. The van der Waals surface area contributed by atoms with Gasteiger partial charge in [0.05, 0.1) is 5.56 Å². The third-order valence-corrected chi connectivity index (χ3v) is 4.74. The van der Waals surface area contributed by atoms with Crippen LogP contribution in [0.25, 0.3) is 11.5 Å². The van der Waals surface area contributed by atoms with Crippen LogP contribution >= 0.6 is 12.2 Å². The lowest BCUT2D eigenvalue weighted by molar-refractivity contribution is -0.576. The highest BCUT2D eigenvalue weighted by molar-refractivity contribution is 7.81. The summed E-state index contributed by atoms with van der Waals surface area (Å²) in [5.41, 5.74) is 0.352. The second-order valence-corrected chi connectivity index (χ2v) is 7.33. The van der Waals surface area contributed by atoms with Gasteiger partial charge in [0.2, 0.25) is 0 Å². The van der Waals surface area contributed by atoms with Gasteiger partial charge < -0.3 is 15.2 Å². The zero-order valence-corrected chi connectivity index (χ0v) is 17.9. The van der Waals surface area contributed by atoms with Crippen molar-refractivity contribution in [2.45, 2.75) is 19.7 Å². The molecule has 0 fully saturated rings. The number of hydrogen-bond acceptors (Lipinski definition) is 3. The molecule has 1 aromatic heterocycles. The summed E-state index contributed by atoms with van der Waals surface area (Å²) in [6.07, 6.45) is -1.26. The predicted octanol–water partition coefficient (Wildman–Crippen LogP) is 6.23. The highest BCUT2D eigenvalue weighted by atomic mass is 32.1. The molecule has 0 amide bonds. The molecule has 0 bridgehead atoms. The lowest BCUT2D eigenvalue weighted by atomic mass is 10.1. The van der Waals surface area contributed by atoms with Gasteiger partial charge in [-0.25, -0.2) is 0 Å². The minimum absolute atomic E-state index is 0.0599. The Labute approximate surface area is 191 Å². The summed E-state index contributed by atoms with van der Waals surface area (Å²) in [6.45, 7) is -1.19. The molecular formula is C23H18F5N2O2S+. The molecule has 2 N–H and O–H groups in total. The van der Waals surface area contributed by atoms with Crippen LogP contribution < -0.4 is 14.6 Å². The van der Waals surface area contributed by atoms with Crippen LogP contribution in [-0.2, 0) is 6.18 Å². The Bertz CT molecular complexity index is 1180. The molecule has 0 saturated carbocycles. The van der Waals surface area contributed by atoms with Crippen molar-refractivity contribution in [1.29, 1.82) is 0 Å². The number of hydrogen-bond donors (Lipinski definition) is 2. The smallest absolute Gasteiger partial charge is 0.416 e. The minimum Gasteiger partial charge on any atom is -0.502 e. The quantitative estimate of drug-likeness (QED) is 0.144. The van der Waals surface area contributed by atoms with E-state index in [1.54, 1.807) is 18.5 Å². The molecular weight excluding hydrogens is 463 g/mol. The minimum atomic E-state index is -4.53. The highest BCUT2D eigenvalue weighted by Gasteiger charge is 2.31. The summed E-state index contributed by atoms with van der Waals surface area (Å²) >= 11 is 5.42. The van der Waals surface area contributed by atoms with Crippen molar-refractivity contribution in [2.24, 2.45) is 0 Å². The van der Waals surface area contributed by atoms with Crippen LogP contribution in [0.1, 0.15) is 16.7 Å². The molecule has 33 heavy (non-hydrogen) atoms. The molecule has 0 aliphatic heterocycles. The third kappa shape index (κ3) is 6.26. The number of halogens is 5. The van der Waals surface area contributed by atoms with E-state index in [1.807, 2.05) is 13.0 Å². The summed E-state index contributed by atoms with van der Waals surface area (Å²) < 4.78 is 69.8. The number of pyridine rings is 1. The predicted molar refractivity (Wildman–Crippen MR) is 118 cm³/mol. The number of rotatable bonds is 6. The summed E-state index contributed by atoms with van der Waals surface area (Å²) in [4.78, 5) is -0.0599. The first-order valence-electron chi connectivity index (χ1n) is 9.50. The molecule has 10 heteroatoms.